The van der Waals surface area contributed by atoms with Crippen molar-refractivity contribution in [2.45, 2.75) is 52.8 Å². The highest BCUT2D eigenvalue weighted by Gasteiger charge is 2.28. The lowest BCUT2D eigenvalue weighted by Crippen LogP contribution is -2.46. The minimum atomic E-state index is -0.315. The van der Waals surface area contributed by atoms with E-state index in [-0.39, 0.29) is 36.0 Å². The van der Waals surface area contributed by atoms with Gasteiger partial charge in [-0.2, -0.15) is 0 Å². The number of carbonyl (C=O) groups excluding carboxylic acids is 2. The molecule has 0 aliphatic carbocycles. The Hall–Kier alpha value is -2.32. The first kappa shape index (κ1) is 24.9. The SMILES string of the molecule is CCN1C[C@@H](C)[C@H](OC)CN(C)C(=O)c2cc(NC(=O)NC(C)C)ccc2OC[C@H]1C. The van der Waals surface area contributed by atoms with E-state index in [1.165, 1.54) is 0 Å². The second-order valence-electron chi connectivity index (χ2n) is 8.65. The van der Waals surface area contributed by atoms with Crippen LogP contribution in [0.3, 0.4) is 0 Å². The summed E-state index contributed by atoms with van der Waals surface area (Å²) in [6, 6.07) is 5.05. The minimum absolute atomic E-state index is 0.0105. The van der Waals surface area contributed by atoms with Gasteiger partial charge in [0.25, 0.3) is 5.91 Å². The topological polar surface area (TPSA) is 83.1 Å². The van der Waals surface area contributed by atoms with Gasteiger partial charge in [0.2, 0.25) is 0 Å². The number of fused-ring (bicyclic) bond motifs is 1. The second kappa shape index (κ2) is 11.3. The Morgan fingerprint density at radius 3 is 2.61 bits per heavy atom. The fraction of sp³-hybridized carbons (Fsp3) is 0.652. The maximum absolute atomic E-state index is 13.3. The minimum Gasteiger partial charge on any atom is -0.491 e. The van der Waals surface area contributed by atoms with Crippen LogP contribution < -0.4 is 15.4 Å². The van der Waals surface area contributed by atoms with Crippen LogP contribution in [0, 0.1) is 5.92 Å². The van der Waals surface area contributed by atoms with E-state index < -0.39 is 0 Å². The Bertz CT molecular complexity index is 755. The Morgan fingerprint density at radius 1 is 1.29 bits per heavy atom. The van der Waals surface area contributed by atoms with Gasteiger partial charge in [-0.05, 0) is 51.4 Å². The number of rotatable bonds is 4. The zero-order valence-corrected chi connectivity index (χ0v) is 19.9. The van der Waals surface area contributed by atoms with Crippen molar-refractivity contribution in [3.8, 4) is 5.75 Å². The summed E-state index contributed by atoms with van der Waals surface area (Å²) in [7, 11) is 3.46. The van der Waals surface area contributed by atoms with Gasteiger partial charge in [-0.15, -0.1) is 0 Å². The average Bonchev–Trinajstić information content (AvgIpc) is 2.72. The van der Waals surface area contributed by atoms with E-state index in [0.29, 0.717) is 30.2 Å². The second-order valence-corrected chi connectivity index (χ2v) is 8.65. The van der Waals surface area contributed by atoms with E-state index in [0.717, 1.165) is 13.1 Å². The van der Waals surface area contributed by atoms with Crippen molar-refractivity contribution in [2.75, 3.05) is 45.7 Å². The summed E-state index contributed by atoms with van der Waals surface area (Å²) in [6.07, 6.45) is -0.0860. The molecule has 1 aromatic carbocycles. The molecule has 0 radical (unpaired) electrons. The van der Waals surface area contributed by atoms with Crippen molar-refractivity contribution in [3.05, 3.63) is 23.8 Å². The Morgan fingerprint density at radius 2 is 2.00 bits per heavy atom. The number of hydrogen-bond donors (Lipinski definition) is 2. The van der Waals surface area contributed by atoms with E-state index in [2.05, 4.69) is 36.3 Å². The highest BCUT2D eigenvalue weighted by atomic mass is 16.5. The van der Waals surface area contributed by atoms with Gasteiger partial charge in [0, 0.05) is 45.0 Å². The fourth-order valence-electron chi connectivity index (χ4n) is 3.80. The fourth-order valence-corrected chi connectivity index (χ4v) is 3.80. The van der Waals surface area contributed by atoms with Crippen molar-refractivity contribution in [3.63, 3.8) is 0 Å². The monoisotopic (exact) mass is 434 g/mol. The number of ether oxygens (including phenoxy) is 2. The summed E-state index contributed by atoms with van der Waals surface area (Å²) in [5, 5.41) is 5.57. The Kier molecular flexibility index (Phi) is 9.13. The van der Waals surface area contributed by atoms with Crippen LogP contribution in [-0.4, -0.2) is 80.3 Å². The number of likely N-dealkylation sites (N-methyl/N-ethyl adjacent to an activating group) is 2. The molecule has 0 saturated carbocycles. The van der Waals surface area contributed by atoms with Gasteiger partial charge in [0.1, 0.15) is 12.4 Å². The molecule has 0 fully saturated rings. The van der Waals surface area contributed by atoms with Gasteiger partial charge in [-0.3, -0.25) is 9.69 Å². The summed E-state index contributed by atoms with van der Waals surface area (Å²) in [5.74, 6) is 0.587. The van der Waals surface area contributed by atoms with Crippen molar-refractivity contribution in [1.82, 2.24) is 15.1 Å². The Labute approximate surface area is 186 Å². The molecule has 1 aliphatic rings. The molecule has 1 heterocycles. The van der Waals surface area contributed by atoms with Gasteiger partial charge in [0.05, 0.1) is 11.7 Å². The number of benzene rings is 1. The highest BCUT2D eigenvalue weighted by molar-refractivity contribution is 5.99. The van der Waals surface area contributed by atoms with Crippen molar-refractivity contribution < 1.29 is 19.1 Å². The molecule has 3 amide bonds. The average molecular weight is 435 g/mol. The first-order chi connectivity index (χ1) is 14.7. The Balaban J connectivity index is 2.37. The maximum Gasteiger partial charge on any atom is 0.319 e. The van der Waals surface area contributed by atoms with E-state index in [1.54, 1.807) is 37.3 Å². The van der Waals surface area contributed by atoms with Gasteiger partial charge >= 0.3 is 6.03 Å². The lowest BCUT2D eigenvalue weighted by molar-refractivity contribution is 0.0116. The van der Waals surface area contributed by atoms with E-state index in [4.69, 9.17) is 9.47 Å². The molecule has 31 heavy (non-hydrogen) atoms. The first-order valence-electron chi connectivity index (χ1n) is 11.0. The number of carbonyl (C=O) groups is 2. The molecule has 8 heteroatoms. The molecule has 3 atom stereocenters. The number of hydrogen-bond acceptors (Lipinski definition) is 5. The quantitative estimate of drug-likeness (QED) is 0.761. The van der Waals surface area contributed by atoms with Crippen LogP contribution in [0.1, 0.15) is 45.0 Å². The predicted octanol–water partition coefficient (Wildman–Crippen LogP) is 3.04. The van der Waals surface area contributed by atoms with Gasteiger partial charge in [0.15, 0.2) is 0 Å². The smallest absolute Gasteiger partial charge is 0.319 e. The molecular weight excluding hydrogens is 396 g/mol. The molecule has 2 rings (SSSR count). The largest absolute Gasteiger partial charge is 0.491 e. The molecule has 174 valence electrons. The third kappa shape index (κ3) is 6.83. The maximum atomic E-state index is 13.3. The zero-order valence-electron chi connectivity index (χ0n) is 19.9. The summed E-state index contributed by atoms with van der Waals surface area (Å²) < 4.78 is 11.8. The van der Waals surface area contributed by atoms with Crippen LogP contribution in [0.2, 0.25) is 0 Å². The molecule has 0 bridgehead atoms. The number of anilines is 1. The zero-order chi connectivity index (χ0) is 23.1. The highest BCUT2D eigenvalue weighted by Crippen LogP contribution is 2.26. The first-order valence-corrected chi connectivity index (χ1v) is 11.0. The van der Waals surface area contributed by atoms with Crippen LogP contribution in [0.25, 0.3) is 0 Å². The van der Waals surface area contributed by atoms with Gasteiger partial charge < -0.3 is 25.0 Å². The molecule has 0 spiro atoms. The van der Waals surface area contributed by atoms with Crippen LogP contribution >= 0.6 is 0 Å². The van der Waals surface area contributed by atoms with E-state index in [1.807, 2.05) is 13.8 Å². The molecule has 1 aliphatic heterocycles. The van der Waals surface area contributed by atoms with E-state index >= 15 is 0 Å². The van der Waals surface area contributed by atoms with Crippen molar-refractivity contribution >= 4 is 17.6 Å². The molecule has 0 unspecified atom stereocenters. The van der Waals surface area contributed by atoms with Gasteiger partial charge in [-0.1, -0.05) is 13.8 Å². The molecule has 0 aromatic heterocycles. The number of nitrogens with zero attached hydrogens (tertiary/aromatic N) is 2. The third-order valence-electron chi connectivity index (χ3n) is 5.66. The number of amides is 3. The number of urea groups is 1. The molecule has 8 nitrogen and oxygen atoms in total. The standard InChI is InChI=1S/C23H38N4O4/c1-8-27-12-16(4)21(30-7)13-26(6)22(28)19-11-18(25-23(29)24-15(2)3)9-10-20(19)31-14-17(27)5/h9-11,15-17,21H,8,12-14H2,1-7H3,(H2,24,25,29)/t16-,17-,21-/m1/s1. The third-order valence-corrected chi connectivity index (χ3v) is 5.66. The van der Waals surface area contributed by atoms with Crippen molar-refractivity contribution in [1.29, 1.82) is 0 Å². The normalized spacial score (nSPS) is 23.4. The van der Waals surface area contributed by atoms with Crippen LogP contribution in [0.4, 0.5) is 10.5 Å². The van der Waals surface area contributed by atoms with E-state index in [9.17, 15) is 9.59 Å². The van der Waals surface area contributed by atoms with Crippen LogP contribution in [0.15, 0.2) is 18.2 Å². The lowest BCUT2D eigenvalue weighted by Gasteiger charge is -2.35. The van der Waals surface area contributed by atoms with Crippen LogP contribution in [0.5, 0.6) is 5.75 Å². The molecule has 2 N–H and O–H groups in total. The number of nitrogens with one attached hydrogen (secondary N) is 2. The summed E-state index contributed by atoms with van der Waals surface area (Å²) in [6.45, 7) is 12.9. The molecular formula is C23H38N4O4. The molecule has 1 aromatic rings. The number of methoxy groups -OCH3 is 1. The lowest BCUT2D eigenvalue weighted by atomic mass is 10.0. The summed E-state index contributed by atoms with van der Waals surface area (Å²) in [4.78, 5) is 29.4. The van der Waals surface area contributed by atoms with Crippen molar-refractivity contribution in [2.24, 2.45) is 5.92 Å². The van der Waals surface area contributed by atoms with Gasteiger partial charge in [-0.25, -0.2) is 4.79 Å². The predicted molar refractivity (Wildman–Crippen MR) is 123 cm³/mol. The molecule has 0 saturated heterocycles. The summed E-state index contributed by atoms with van der Waals surface area (Å²) in [5.41, 5.74) is 0.956. The summed E-state index contributed by atoms with van der Waals surface area (Å²) >= 11 is 0. The van der Waals surface area contributed by atoms with Crippen LogP contribution in [-0.2, 0) is 4.74 Å².